The highest BCUT2D eigenvalue weighted by atomic mass is 16.1. The van der Waals surface area contributed by atoms with Gasteiger partial charge in [0, 0.05) is 5.56 Å². The summed E-state index contributed by atoms with van der Waals surface area (Å²) in [5, 5.41) is 0. The van der Waals surface area contributed by atoms with Crippen molar-refractivity contribution in [3.8, 4) is 0 Å². The molecule has 1 heterocycles. The molecule has 1 aromatic heterocycles. The van der Waals surface area contributed by atoms with Crippen molar-refractivity contribution in [1.82, 2.24) is 9.97 Å². The highest BCUT2D eigenvalue weighted by Crippen LogP contribution is 2.15. The fourth-order valence-corrected chi connectivity index (χ4v) is 1.41. The number of aryl methyl sites for hydroxylation is 1. The van der Waals surface area contributed by atoms with E-state index in [2.05, 4.69) is 16.0 Å². The van der Waals surface area contributed by atoms with E-state index in [9.17, 15) is 4.79 Å². The molecule has 0 spiro atoms. The van der Waals surface area contributed by atoms with Crippen LogP contribution in [0.3, 0.4) is 0 Å². The Balaban J connectivity index is 2.74. The monoisotopic (exact) mass is 174 g/mol. The minimum atomic E-state index is -0.281. The molecule has 1 aliphatic rings. The number of H-pyrrole nitrogens is 1. The van der Waals surface area contributed by atoms with Gasteiger partial charge in [-0.1, -0.05) is 18.2 Å². The number of rotatable bonds is 0. The third-order valence-electron chi connectivity index (χ3n) is 2.03. The van der Waals surface area contributed by atoms with Crippen LogP contribution in [0.1, 0.15) is 23.4 Å². The van der Waals surface area contributed by atoms with Crippen LogP contribution in [0.5, 0.6) is 0 Å². The van der Waals surface area contributed by atoms with Crippen molar-refractivity contribution in [2.45, 2.75) is 13.3 Å². The van der Waals surface area contributed by atoms with Crippen molar-refractivity contribution in [3.63, 3.8) is 0 Å². The summed E-state index contributed by atoms with van der Waals surface area (Å²) in [6.45, 7) is 1.84. The van der Waals surface area contributed by atoms with Gasteiger partial charge in [0.15, 0.2) is 0 Å². The highest BCUT2D eigenvalue weighted by molar-refractivity contribution is 5.65. The number of hydrogen-bond donors (Lipinski definition) is 1. The predicted octanol–water partition coefficient (Wildman–Crippen LogP) is 1.51. The minimum Gasteiger partial charge on any atom is -0.305 e. The Morgan fingerprint density at radius 3 is 3.00 bits per heavy atom. The molecule has 13 heavy (non-hydrogen) atoms. The Morgan fingerprint density at radius 1 is 1.38 bits per heavy atom. The second kappa shape index (κ2) is 3.01. The second-order valence-corrected chi connectivity index (χ2v) is 3.00. The van der Waals surface area contributed by atoms with Crippen molar-refractivity contribution in [3.05, 3.63) is 39.6 Å². The van der Waals surface area contributed by atoms with Crippen LogP contribution in [0.15, 0.2) is 16.9 Å². The van der Waals surface area contributed by atoms with Crippen molar-refractivity contribution in [1.29, 1.82) is 0 Å². The minimum absolute atomic E-state index is 0.281. The van der Waals surface area contributed by atoms with Crippen LogP contribution in [0.25, 0.3) is 12.2 Å². The van der Waals surface area contributed by atoms with Gasteiger partial charge in [-0.25, -0.2) is 4.79 Å². The maximum Gasteiger partial charge on any atom is 0.345 e. The van der Waals surface area contributed by atoms with E-state index in [1.807, 2.05) is 25.2 Å². The molecule has 3 heteroatoms. The molecule has 1 aliphatic carbocycles. The van der Waals surface area contributed by atoms with Gasteiger partial charge in [-0.05, 0) is 19.4 Å². The van der Waals surface area contributed by atoms with E-state index in [4.69, 9.17) is 0 Å². The molecule has 0 atom stereocenters. The van der Waals surface area contributed by atoms with Gasteiger partial charge in [0.05, 0.1) is 11.4 Å². The summed E-state index contributed by atoms with van der Waals surface area (Å²) in [6, 6.07) is 0. The summed E-state index contributed by atoms with van der Waals surface area (Å²) in [5.74, 6) is 0. The molecule has 0 saturated carbocycles. The van der Waals surface area contributed by atoms with Crippen molar-refractivity contribution in [2.75, 3.05) is 0 Å². The molecule has 0 aromatic carbocycles. The summed E-state index contributed by atoms with van der Waals surface area (Å²) >= 11 is 0. The largest absolute Gasteiger partial charge is 0.345 e. The molecule has 0 unspecified atom stereocenters. The number of aromatic amines is 1. The SMILES string of the molecule is Cc1nc(=O)[nH]c2c1C=CCC=C2. The first-order valence-corrected chi connectivity index (χ1v) is 4.21. The Morgan fingerprint density at radius 2 is 2.15 bits per heavy atom. The maximum atomic E-state index is 11.0. The molecule has 0 fully saturated rings. The zero-order valence-corrected chi connectivity index (χ0v) is 7.37. The van der Waals surface area contributed by atoms with Crippen LogP contribution in [0.2, 0.25) is 0 Å². The van der Waals surface area contributed by atoms with Crippen molar-refractivity contribution < 1.29 is 0 Å². The maximum absolute atomic E-state index is 11.0. The van der Waals surface area contributed by atoms with Gasteiger partial charge in [0.25, 0.3) is 0 Å². The van der Waals surface area contributed by atoms with Crippen molar-refractivity contribution >= 4 is 12.2 Å². The van der Waals surface area contributed by atoms with Gasteiger partial charge >= 0.3 is 5.69 Å². The third kappa shape index (κ3) is 1.45. The van der Waals surface area contributed by atoms with Gasteiger partial charge < -0.3 is 4.98 Å². The third-order valence-corrected chi connectivity index (χ3v) is 2.03. The van der Waals surface area contributed by atoms with Gasteiger partial charge in [-0.15, -0.1) is 0 Å². The van der Waals surface area contributed by atoms with Crippen LogP contribution >= 0.6 is 0 Å². The lowest BCUT2D eigenvalue weighted by Gasteiger charge is -2.01. The molecule has 3 nitrogen and oxygen atoms in total. The number of hydrogen-bond acceptors (Lipinski definition) is 2. The zero-order valence-electron chi connectivity index (χ0n) is 7.37. The van der Waals surface area contributed by atoms with Gasteiger partial charge in [-0.2, -0.15) is 4.98 Å². The lowest BCUT2D eigenvalue weighted by molar-refractivity contribution is 1.01. The molecule has 66 valence electrons. The lowest BCUT2D eigenvalue weighted by atomic mass is 10.1. The van der Waals surface area contributed by atoms with E-state index in [0.717, 1.165) is 23.4 Å². The predicted molar refractivity (Wildman–Crippen MR) is 52.3 cm³/mol. The quantitative estimate of drug-likeness (QED) is 0.648. The molecule has 2 rings (SSSR count). The molecular weight excluding hydrogens is 164 g/mol. The fourth-order valence-electron chi connectivity index (χ4n) is 1.41. The Kier molecular flexibility index (Phi) is 1.85. The first kappa shape index (κ1) is 7.98. The molecule has 0 bridgehead atoms. The lowest BCUT2D eigenvalue weighted by Crippen LogP contribution is -2.14. The molecule has 0 aliphatic heterocycles. The summed E-state index contributed by atoms with van der Waals surface area (Å²) in [5.41, 5.74) is 2.36. The Hall–Kier alpha value is -1.64. The summed E-state index contributed by atoms with van der Waals surface area (Å²) in [6.07, 6.45) is 8.88. The fraction of sp³-hybridized carbons (Fsp3) is 0.200. The first-order chi connectivity index (χ1) is 6.27. The van der Waals surface area contributed by atoms with Crippen LogP contribution < -0.4 is 5.69 Å². The summed E-state index contributed by atoms with van der Waals surface area (Å²) in [7, 11) is 0. The molecular formula is C10H10N2O. The van der Waals surface area contributed by atoms with E-state index in [1.54, 1.807) is 0 Å². The first-order valence-electron chi connectivity index (χ1n) is 4.21. The standard InChI is InChI=1S/C10H10N2O/c1-7-8-5-3-2-4-6-9(8)12-10(13)11-7/h3-6H,2H2,1H3,(H,11,12,13). The Labute approximate surface area is 75.8 Å². The zero-order chi connectivity index (χ0) is 9.26. The van der Waals surface area contributed by atoms with Crippen LogP contribution in [-0.4, -0.2) is 9.97 Å². The topological polar surface area (TPSA) is 45.8 Å². The highest BCUT2D eigenvalue weighted by Gasteiger charge is 2.04. The van der Waals surface area contributed by atoms with E-state index in [1.165, 1.54) is 0 Å². The van der Waals surface area contributed by atoms with Gasteiger partial charge in [-0.3, -0.25) is 0 Å². The van der Waals surface area contributed by atoms with Crippen molar-refractivity contribution in [2.24, 2.45) is 0 Å². The number of nitrogens with zero attached hydrogens (tertiary/aromatic N) is 1. The average Bonchev–Trinajstić information content (AvgIpc) is 2.28. The number of allylic oxidation sites excluding steroid dienone is 2. The summed E-state index contributed by atoms with van der Waals surface area (Å²) in [4.78, 5) is 17.6. The number of nitrogens with one attached hydrogen (secondary N) is 1. The smallest absolute Gasteiger partial charge is 0.305 e. The van der Waals surface area contributed by atoms with Crippen LogP contribution in [0, 0.1) is 6.92 Å². The van der Waals surface area contributed by atoms with Gasteiger partial charge in [0.2, 0.25) is 0 Å². The normalized spacial score (nSPS) is 13.9. The van der Waals surface area contributed by atoms with E-state index in [-0.39, 0.29) is 5.69 Å². The van der Waals surface area contributed by atoms with Crippen LogP contribution in [0.4, 0.5) is 0 Å². The molecule has 1 aromatic rings. The Bertz CT molecular complexity index is 441. The van der Waals surface area contributed by atoms with E-state index < -0.39 is 0 Å². The second-order valence-electron chi connectivity index (χ2n) is 3.00. The number of aromatic nitrogens is 2. The average molecular weight is 174 g/mol. The van der Waals surface area contributed by atoms with E-state index >= 15 is 0 Å². The van der Waals surface area contributed by atoms with Gasteiger partial charge in [0.1, 0.15) is 0 Å². The molecule has 0 amide bonds. The number of fused-ring (bicyclic) bond motifs is 1. The van der Waals surface area contributed by atoms with E-state index in [0.29, 0.717) is 0 Å². The van der Waals surface area contributed by atoms with Crippen LogP contribution in [-0.2, 0) is 0 Å². The molecule has 0 radical (unpaired) electrons. The molecule has 1 N–H and O–H groups in total. The molecule has 0 saturated heterocycles. The summed E-state index contributed by atoms with van der Waals surface area (Å²) < 4.78 is 0.